The maximum Gasteiger partial charge on any atom is 0.241 e. The molecular weight excluding hydrogens is 372 g/mol. The van der Waals surface area contributed by atoms with Crippen molar-refractivity contribution in [2.24, 2.45) is 0 Å². The summed E-state index contributed by atoms with van der Waals surface area (Å²) in [6, 6.07) is 15.4. The first-order valence-corrected chi connectivity index (χ1v) is 11.6. The Morgan fingerprint density at radius 1 is 1.14 bits per heavy atom. The van der Waals surface area contributed by atoms with E-state index in [9.17, 15) is 13.2 Å². The van der Waals surface area contributed by atoms with Gasteiger partial charge in [-0.1, -0.05) is 56.3 Å². The summed E-state index contributed by atoms with van der Waals surface area (Å²) in [6.45, 7) is 3.80. The fourth-order valence-electron chi connectivity index (χ4n) is 3.86. The quantitative estimate of drug-likeness (QED) is 0.803. The molecule has 0 heterocycles. The molecule has 2 aromatic carbocycles. The number of fused-ring (bicyclic) bond motifs is 1. The Kier molecular flexibility index (Phi) is 6.08. The zero-order valence-electron chi connectivity index (χ0n) is 16.7. The molecule has 150 valence electrons. The van der Waals surface area contributed by atoms with Crippen LogP contribution in [0.4, 0.5) is 5.69 Å². The number of nitrogens with zero attached hydrogens (tertiary/aromatic N) is 1. The zero-order chi connectivity index (χ0) is 20.3. The van der Waals surface area contributed by atoms with Gasteiger partial charge in [0, 0.05) is 0 Å². The maximum atomic E-state index is 12.8. The molecule has 1 amide bonds. The summed E-state index contributed by atoms with van der Waals surface area (Å²) in [5.74, 6) is -0.139. The molecule has 0 saturated carbocycles. The molecule has 5 nitrogen and oxygen atoms in total. The molecule has 0 unspecified atom stereocenters. The number of benzene rings is 2. The van der Waals surface area contributed by atoms with Crippen LogP contribution < -0.4 is 9.62 Å². The minimum atomic E-state index is -3.60. The monoisotopic (exact) mass is 400 g/mol. The third kappa shape index (κ3) is 4.55. The van der Waals surface area contributed by atoms with E-state index in [0.29, 0.717) is 5.69 Å². The standard InChI is InChI=1S/C22H28N2O3S/c1-16(2)18-11-6-7-14-21(18)24(28(3,26)27)15-22(25)23-20-13-8-10-17-9-4-5-12-19(17)20/h4-7,9,11-12,14,16,20H,8,10,13,15H2,1-3H3,(H,23,25)/t20-/m0/s1. The Bertz CT molecular complexity index is 954. The Hall–Kier alpha value is -2.34. The van der Waals surface area contributed by atoms with E-state index in [1.165, 1.54) is 9.87 Å². The smallest absolute Gasteiger partial charge is 0.241 e. The van der Waals surface area contributed by atoms with E-state index in [-0.39, 0.29) is 24.4 Å². The van der Waals surface area contributed by atoms with Crippen molar-refractivity contribution in [1.82, 2.24) is 5.32 Å². The lowest BCUT2D eigenvalue weighted by atomic mass is 9.88. The average molecular weight is 401 g/mol. The lowest BCUT2D eigenvalue weighted by molar-refractivity contribution is -0.120. The number of aryl methyl sites for hydroxylation is 1. The molecule has 6 heteroatoms. The molecule has 0 saturated heterocycles. The molecule has 1 N–H and O–H groups in total. The van der Waals surface area contributed by atoms with Crippen molar-refractivity contribution in [3.63, 3.8) is 0 Å². The van der Waals surface area contributed by atoms with E-state index < -0.39 is 10.0 Å². The lowest BCUT2D eigenvalue weighted by Gasteiger charge is -2.29. The Morgan fingerprint density at radius 2 is 1.82 bits per heavy atom. The molecule has 0 aliphatic heterocycles. The number of carbonyl (C=O) groups is 1. The number of amides is 1. The zero-order valence-corrected chi connectivity index (χ0v) is 17.5. The van der Waals surface area contributed by atoms with Crippen molar-refractivity contribution in [2.75, 3.05) is 17.1 Å². The number of nitrogens with one attached hydrogen (secondary N) is 1. The van der Waals surface area contributed by atoms with Crippen LogP contribution >= 0.6 is 0 Å². The number of anilines is 1. The first-order valence-electron chi connectivity index (χ1n) is 9.71. The normalized spacial score (nSPS) is 16.5. The van der Waals surface area contributed by atoms with Gasteiger partial charge in [-0.3, -0.25) is 9.10 Å². The predicted molar refractivity (Wildman–Crippen MR) is 113 cm³/mol. The van der Waals surface area contributed by atoms with Gasteiger partial charge in [0.05, 0.1) is 18.0 Å². The summed E-state index contributed by atoms with van der Waals surface area (Å²) < 4.78 is 26.2. The molecule has 0 spiro atoms. The van der Waals surface area contributed by atoms with Gasteiger partial charge in [-0.05, 0) is 47.9 Å². The molecule has 3 rings (SSSR count). The van der Waals surface area contributed by atoms with E-state index in [2.05, 4.69) is 11.4 Å². The third-order valence-corrected chi connectivity index (χ3v) is 6.35. The molecule has 1 aliphatic rings. The average Bonchev–Trinajstić information content (AvgIpc) is 2.65. The molecular formula is C22H28N2O3S. The van der Waals surface area contributed by atoms with Gasteiger partial charge >= 0.3 is 0 Å². The van der Waals surface area contributed by atoms with Crippen molar-refractivity contribution in [1.29, 1.82) is 0 Å². The second-order valence-corrected chi connectivity index (χ2v) is 9.60. The van der Waals surface area contributed by atoms with Crippen molar-refractivity contribution < 1.29 is 13.2 Å². The fourth-order valence-corrected chi connectivity index (χ4v) is 4.73. The summed E-state index contributed by atoms with van der Waals surface area (Å²) >= 11 is 0. The molecule has 1 atom stereocenters. The van der Waals surface area contributed by atoms with Crippen LogP contribution in [0.15, 0.2) is 48.5 Å². The van der Waals surface area contributed by atoms with E-state index in [4.69, 9.17) is 0 Å². The topological polar surface area (TPSA) is 66.5 Å². The second kappa shape index (κ2) is 8.35. The van der Waals surface area contributed by atoms with Gasteiger partial charge in [-0.15, -0.1) is 0 Å². The van der Waals surface area contributed by atoms with Gasteiger partial charge < -0.3 is 5.32 Å². The Morgan fingerprint density at radius 3 is 2.54 bits per heavy atom. The van der Waals surface area contributed by atoms with Crippen LogP contribution in [0.5, 0.6) is 0 Å². The highest BCUT2D eigenvalue weighted by Crippen LogP contribution is 2.31. The van der Waals surface area contributed by atoms with Gasteiger partial charge in [-0.25, -0.2) is 8.42 Å². The highest BCUT2D eigenvalue weighted by atomic mass is 32.2. The van der Waals surface area contributed by atoms with Crippen LogP contribution in [0.1, 0.15) is 55.3 Å². The molecule has 28 heavy (non-hydrogen) atoms. The van der Waals surface area contributed by atoms with Gasteiger partial charge in [0.15, 0.2) is 0 Å². The minimum absolute atomic E-state index is 0.0702. The summed E-state index contributed by atoms with van der Waals surface area (Å²) in [5, 5.41) is 3.05. The summed E-state index contributed by atoms with van der Waals surface area (Å²) in [6.07, 6.45) is 4.03. The number of hydrogen-bond donors (Lipinski definition) is 1. The Balaban J connectivity index is 1.83. The fraction of sp³-hybridized carbons (Fsp3) is 0.409. The van der Waals surface area contributed by atoms with Crippen LogP contribution in [-0.4, -0.2) is 27.1 Å². The SMILES string of the molecule is CC(C)c1ccccc1N(CC(=O)N[C@H]1CCCc2ccccc21)S(C)(=O)=O. The molecule has 0 fully saturated rings. The summed E-state index contributed by atoms with van der Waals surface area (Å²) in [4.78, 5) is 12.8. The maximum absolute atomic E-state index is 12.8. The number of para-hydroxylation sites is 1. The van der Waals surface area contributed by atoms with Crippen LogP contribution in [-0.2, 0) is 21.2 Å². The van der Waals surface area contributed by atoms with E-state index in [1.54, 1.807) is 12.1 Å². The van der Waals surface area contributed by atoms with E-state index >= 15 is 0 Å². The van der Waals surface area contributed by atoms with Crippen LogP contribution in [0, 0.1) is 0 Å². The van der Waals surface area contributed by atoms with Gasteiger partial charge in [0.2, 0.25) is 15.9 Å². The van der Waals surface area contributed by atoms with E-state index in [0.717, 1.165) is 36.6 Å². The highest BCUT2D eigenvalue weighted by molar-refractivity contribution is 7.92. The summed E-state index contributed by atoms with van der Waals surface area (Å²) in [7, 11) is -3.60. The summed E-state index contributed by atoms with van der Waals surface area (Å²) in [5.41, 5.74) is 3.86. The van der Waals surface area contributed by atoms with Crippen LogP contribution in [0.2, 0.25) is 0 Å². The van der Waals surface area contributed by atoms with Crippen LogP contribution in [0.25, 0.3) is 0 Å². The van der Waals surface area contributed by atoms with Gasteiger partial charge in [0.25, 0.3) is 0 Å². The molecule has 0 radical (unpaired) electrons. The second-order valence-electron chi connectivity index (χ2n) is 7.69. The van der Waals surface area contributed by atoms with E-state index in [1.807, 2.05) is 44.2 Å². The van der Waals surface area contributed by atoms with Crippen molar-refractivity contribution in [2.45, 2.75) is 45.1 Å². The van der Waals surface area contributed by atoms with Crippen molar-refractivity contribution >= 4 is 21.6 Å². The third-order valence-electron chi connectivity index (χ3n) is 5.22. The number of sulfonamides is 1. The van der Waals surface area contributed by atoms with Gasteiger partial charge in [-0.2, -0.15) is 0 Å². The number of hydrogen-bond acceptors (Lipinski definition) is 3. The van der Waals surface area contributed by atoms with Crippen molar-refractivity contribution in [3.05, 3.63) is 65.2 Å². The molecule has 0 bridgehead atoms. The molecule has 1 aliphatic carbocycles. The Labute approximate surface area is 167 Å². The molecule has 0 aromatic heterocycles. The molecule has 2 aromatic rings. The van der Waals surface area contributed by atoms with Crippen LogP contribution in [0.3, 0.4) is 0 Å². The lowest BCUT2D eigenvalue weighted by Crippen LogP contribution is -2.42. The predicted octanol–water partition coefficient (Wildman–Crippen LogP) is 3.77. The number of carbonyl (C=O) groups excluding carboxylic acids is 1. The minimum Gasteiger partial charge on any atom is -0.348 e. The van der Waals surface area contributed by atoms with Crippen molar-refractivity contribution in [3.8, 4) is 0 Å². The van der Waals surface area contributed by atoms with Gasteiger partial charge in [0.1, 0.15) is 6.54 Å². The largest absolute Gasteiger partial charge is 0.348 e. The highest BCUT2D eigenvalue weighted by Gasteiger charge is 2.26. The number of rotatable bonds is 6. The first kappa shape index (κ1) is 20.4. The first-order chi connectivity index (χ1) is 13.3.